The number of cyclic esters (lactones) is 1. The van der Waals surface area contributed by atoms with Gasteiger partial charge in [-0.05, 0) is 32.9 Å². The third-order valence-electron chi connectivity index (χ3n) is 9.11. The van der Waals surface area contributed by atoms with Crippen LogP contribution in [0.5, 0.6) is 0 Å². The van der Waals surface area contributed by atoms with Crippen LogP contribution in [0.25, 0.3) is 0 Å². The predicted molar refractivity (Wildman–Crippen MR) is 194 cm³/mol. The first-order valence-electron chi connectivity index (χ1n) is 18.2. The van der Waals surface area contributed by atoms with Gasteiger partial charge in [0.1, 0.15) is 24.2 Å². The average Bonchev–Trinajstić information content (AvgIpc) is 3.84. The summed E-state index contributed by atoms with van der Waals surface area (Å²) in [6, 6.07) is -1.08. The number of hydrogen-bond donors (Lipinski definition) is 7. The molecule has 0 unspecified atom stereocenters. The third kappa shape index (κ3) is 17.0. The van der Waals surface area contributed by atoms with Gasteiger partial charge in [-0.3, -0.25) is 4.79 Å². The Morgan fingerprint density at radius 1 is 0.946 bits per heavy atom. The van der Waals surface area contributed by atoms with Gasteiger partial charge in [0, 0.05) is 38.2 Å². The van der Waals surface area contributed by atoms with Crippen LogP contribution in [0.15, 0.2) is 85.1 Å². The maximum atomic E-state index is 12.3. The van der Waals surface area contributed by atoms with Crippen molar-refractivity contribution in [3.8, 4) is 0 Å². The summed E-state index contributed by atoms with van der Waals surface area (Å²) >= 11 is 0. The number of aliphatic carboxylic acids is 2. The molecule has 0 aliphatic carbocycles. The number of esters is 1. The molecule has 0 spiro atoms. The van der Waals surface area contributed by atoms with Gasteiger partial charge in [0.05, 0.1) is 54.7 Å². The van der Waals surface area contributed by atoms with E-state index in [1.807, 2.05) is 6.08 Å². The van der Waals surface area contributed by atoms with E-state index in [0.29, 0.717) is 6.42 Å². The molecule has 0 amide bonds. The minimum Gasteiger partial charge on any atom is -0.545 e. The Kier molecular flexibility index (Phi) is 22.0. The van der Waals surface area contributed by atoms with E-state index in [9.17, 15) is 50.1 Å². The van der Waals surface area contributed by atoms with Crippen molar-refractivity contribution >= 4 is 17.9 Å². The minimum absolute atomic E-state index is 0. The molecule has 0 radical (unpaired) electrons. The maximum absolute atomic E-state index is 12.3. The van der Waals surface area contributed by atoms with Crippen molar-refractivity contribution in [1.82, 2.24) is 0 Å². The van der Waals surface area contributed by atoms with Gasteiger partial charge in [-0.2, -0.15) is 0 Å². The Balaban J connectivity index is 0.00000108. The Morgan fingerprint density at radius 2 is 1.62 bits per heavy atom. The predicted octanol–water partition coefficient (Wildman–Crippen LogP) is -3.01. The first-order chi connectivity index (χ1) is 26.0. The molecule has 2 bridgehead atoms. The summed E-state index contributed by atoms with van der Waals surface area (Å²) in [5.74, 6) is -6.61. The van der Waals surface area contributed by atoms with Crippen LogP contribution in [-0.4, -0.2) is 128 Å². The number of aliphatic hydroxyl groups is 5. The van der Waals surface area contributed by atoms with E-state index in [-0.39, 0.29) is 76.8 Å². The molecule has 4 rings (SSSR count). The van der Waals surface area contributed by atoms with Crippen LogP contribution in [0, 0.1) is 5.92 Å². The fourth-order valence-electron chi connectivity index (χ4n) is 6.25. The quantitative estimate of drug-likeness (QED) is 0.0479. The van der Waals surface area contributed by atoms with E-state index in [4.69, 9.17) is 29.4 Å². The number of epoxide rings is 1. The number of nitrogens with two attached hydrogens (primary N) is 1. The van der Waals surface area contributed by atoms with Gasteiger partial charge in [-0.25, -0.2) is 4.79 Å². The second-order valence-corrected chi connectivity index (χ2v) is 13.8. The zero-order chi connectivity index (χ0) is 40.7. The van der Waals surface area contributed by atoms with Crippen molar-refractivity contribution in [3.05, 3.63) is 85.1 Å². The number of fused-ring (bicyclic) bond motifs is 3. The Labute approximate surface area is 369 Å². The van der Waals surface area contributed by atoms with Crippen LogP contribution in [0.1, 0.15) is 52.9 Å². The van der Waals surface area contributed by atoms with E-state index in [0.717, 1.165) is 6.08 Å². The summed E-state index contributed by atoms with van der Waals surface area (Å²) in [6.45, 7) is 5.14. The summed E-state index contributed by atoms with van der Waals surface area (Å²) in [6.07, 6.45) is 11.0. The van der Waals surface area contributed by atoms with Gasteiger partial charge in [0.25, 0.3) is 0 Å². The third-order valence-corrected chi connectivity index (χ3v) is 9.11. The van der Waals surface area contributed by atoms with Crippen molar-refractivity contribution < 1.29 is 125 Å². The average molecular weight is 816 g/mol. The fourth-order valence-corrected chi connectivity index (χ4v) is 6.25. The van der Waals surface area contributed by atoms with Crippen molar-refractivity contribution in [1.29, 1.82) is 0 Å². The Bertz CT molecular complexity index is 1480. The number of rotatable bonds is 5. The van der Waals surface area contributed by atoms with Crippen LogP contribution in [0.3, 0.4) is 0 Å². The second-order valence-electron chi connectivity index (χ2n) is 13.8. The number of carbonyl (C=O) groups excluding carboxylic acids is 2. The smallest absolute Gasteiger partial charge is 0.545 e. The van der Waals surface area contributed by atoms with Crippen molar-refractivity contribution in [2.24, 2.45) is 11.7 Å². The van der Waals surface area contributed by atoms with Crippen LogP contribution in [0.4, 0.5) is 0 Å². The minimum atomic E-state index is -2.10. The molecule has 0 aromatic carbocycles. The molecular formula is C39H54KNO15. The number of carbonyl (C=O) groups is 3. The Morgan fingerprint density at radius 3 is 2.29 bits per heavy atom. The van der Waals surface area contributed by atoms with Crippen molar-refractivity contribution in [3.63, 3.8) is 0 Å². The molecule has 306 valence electrons. The van der Waals surface area contributed by atoms with Gasteiger partial charge in [-0.1, -0.05) is 66.8 Å². The topological polar surface area (TPSA) is 271 Å². The number of aliphatic hydroxyl groups excluding tert-OH is 4. The van der Waals surface area contributed by atoms with Crippen LogP contribution >= 0.6 is 0 Å². The number of hydrogen-bond acceptors (Lipinski definition) is 15. The zero-order valence-electron chi connectivity index (χ0n) is 32.1. The molecule has 4 heterocycles. The first kappa shape index (κ1) is 50.0. The standard InChI is InChI=1S/C33H47NO13.C6H8O2.K/c1-18-10-8-6-4-3-5-7-9-11-21(45-32-30(39)28(34)29(38)19(2)44-32)15-25-27(31(40)41)22(36)17-33(42,47-25)16-20(35)14-24-23(46-24)12-13-26(37)43-18;1-2-3-4-5-6(7)8;/h3-9,11-13,18-25,27-30,32,35-36,38-39,42H,10,14-17,34H2,1-2H3,(H,40,41);2-5H,1H3,(H,7,8);/q;;+1/p-1/b4-3+,7-5+,8-6+,11-9+,13-12+;3-2+,5-4+;/t18-,19-,20+,21+,22+,23-,24-,25+,27-,28+,29-,30+,32+,33-;;/m1../s1. The molecule has 4 aliphatic heterocycles. The monoisotopic (exact) mass is 815 g/mol. The van der Waals surface area contributed by atoms with E-state index in [1.165, 1.54) is 18.2 Å². The van der Waals surface area contributed by atoms with Crippen LogP contribution in [-0.2, 0) is 38.1 Å². The van der Waals surface area contributed by atoms with Crippen molar-refractivity contribution in [2.45, 2.75) is 132 Å². The van der Waals surface area contributed by atoms with Crippen LogP contribution < -0.4 is 62.2 Å². The number of ether oxygens (including phenoxy) is 5. The molecule has 8 N–H and O–H groups in total. The first-order valence-corrected chi connectivity index (χ1v) is 18.2. The van der Waals surface area contributed by atoms with Gasteiger partial charge >= 0.3 is 63.3 Å². The SMILES string of the molecule is C/C=C/C=C/C(=O)[O-].C[C@@H]1C/C=C/C=C/C=C/C=C/[C@H](O[C@@H]2O[C@H](C)[C@@H](O)[C@H](N)[C@@H]2O)C[C@@H]2O[C@](O)(C[C@@H](O)C[C@H]3O[C@@H]3/C=C/C(=O)O1)C[C@H](O)[C@H]2C(=O)O.[K+]. The molecule has 0 aromatic rings. The number of carboxylic acid groups (broad SMARTS) is 2. The molecular weight excluding hydrogens is 762 g/mol. The van der Waals surface area contributed by atoms with Gasteiger partial charge in [-0.15, -0.1) is 0 Å². The summed E-state index contributed by atoms with van der Waals surface area (Å²) in [7, 11) is 0. The summed E-state index contributed by atoms with van der Waals surface area (Å²) in [4.78, 5) is 34.1. The molecule has 0 aromatic heterocycles. The largest absolute Gasteiger partial charge is 1.00 e. The fraction of sp³-hybridized carbons (Fsp3) is 0.564. The van der Waals surface area contributed by atoms with Gasteiger partial charge in [0.2, 0.25) is 0 Å². The van der Waals surface area contributed by atoms with E-state index >= 15 is 0 Å². The number of carboxylic acids is 2. The van der Waals surface area contributed by atoms with E-state index < -0.39 is 103 Å². The maximum Gasteiger partial charge on any atom is 1.00 e. The number of allylic oxidation sites excluding steroid dienone is 9. The van der Waals surface area contributed by atoms with Crippen molar-refractivity contribution in [2.75, 3.05) is 0 Å². The molecule has 16 nitrogen and oxygen atoms in total. The molecule has 56 heavy (non-hydrogen) atoms. The summed E-state index contributed by atoms with van der Waals surface area (Å²) < 4.78 is 28.5. The zero-order valence-corrected chi connectivity index (χ0v) is 35.2. The molecule has 14 atom stereocenters. The van der Waals surface area contributed by atoms with Gasteiger partial charge < -0.3 is 70.0 Å². The Hall–Kier alpha value is -2.17. The second kappa shape index (κ2) is 24.7. The van der Waals surface area contributed by atoms with E-state index in [2.05, 4.69) is 0 Å². The molecule has 0 saturated carbocycles. The summed E-state index contributed by atoms with van der Waals surface area (Å²) in [5, 5.41) is 73.6. The van der Waals surface area contributed by atoms with E-state index in [1.54, 1.807) is 75.5 Å². The molecule has 3 saturated heterocycles. The molecule has 3 fully saturated rings. The summed E-state index contributed by atoms with van der Waals surface area (Å²) in [5.41, 5.74) is 5.98. The molecule has 4 aliphatic rings. The van der Waals surface area contributed by atoms with Gasteiger partial charge in [0.15, 0.2) is 12.1 Å². The normalized spacial score (nSPS) is 41.2. The van der Waals surface area contributed by atoms with Crippen LogP contribution in [0.2, 0.25) is 0 Å². The molecule has 17 heteroatoms.